The van der Waals surface area contributed by atoms with Gasteiger partial charge in [0.05, 0.1) is 21.6 Å². The van der Waals surface area contributed by atoms with Gasteiger partial charge in [-0.15, -0.1) is 11.3 Å². The predicted octanol–water partition coefficient (Wildman–Crippen LogP) is 3.08. The van der Waals surface area contributed by atoms with E-state index >= 15 is 0 Å². The molecule has 0 unspecified atom stereocenters. The molecule has 0 radical (unpaired) electrons. The summed E-state index contributed by atoms with van der Waals surface area (Å²) in [5.41, 5.74) is 7.96. The monoisotopic (exact) mass is 256 g/mol. The maximum absolute atomic E-state index is 5.82. The van der Waals surface area contributed by atoms with E-state index in [1.807, 2.05) is 30.6 Å². The van der Waals surface area contributed by atoms with Crippen molar-refractivity contribution in [1.29, 1.82) is 0 Å². The molecule has 0 aliphatic heterocycles. The van der Waals surface area contributed by atoms with E-state index in [0.717, 1.165) is 21.2 Å². The van der Waals surface area contributed by atoms with Crippen molar-refractivity contribution in [1.82, 2.24) is 14.5 Å². The van der Waals surface area contributed by atoms with Crippen molar-refractivity contribution in [3.05, 3.63) is 30.6 Å². The Bertz CT molecular complexity index is 724. The van der Waals surface area contributed by atoms with Crippen LogP contribution in [0, 0.1) is 0 Å². The molecule has 1 aliphatic carbocycles. The third-order valence-electron chi connectivity index (χ3n) is 3.25. The fraction of sp³-hybridized carbons (Fsp3) is 0.231. The van der Waals surface area contributed by atoms with Crippen molar-refractivity contribution in [2.45, 2.75) is 18.9 Å². The zero-order valence-corrected chi connectivity index (χ0v) is 10.5. The molecule has 1 saturated carbocycles. The third-order valence-corrected chi connectivity index (χ3v) is 4.16. The van der Waals surface area contributed by atoms with Crippen LogP contribution in [-0.2, 0) is 0 Å². The van der Waals surface area contributed by atoms with Crippen LogP contribution < -0.4 is 5.73 Å². The summed E-state index contributed by atoms with van der Waals surface area (Å²) < 4.78 is 2.34. The SMILES string of the molecule is Nc1ccc(-c2nc3cnccc3n2C2CC2)s1. The standard InChI is InChI=1S/C13H12N4S/c14-12-4-3-11(18-12)13-16-9-7-15-6-5-10(9)17(13)8-1-2-8/h3-8H,1-2,14H2. The number of nitrogen functional groups attached to an aromatic ring is 1. The normalized spacial score (nSPS) is 15.3. The minimum atomic E-state index is 0.593. The Morgan fingerprint density at radius 1 is 1.28 bits per heavy atom. The first kappa shape index (κ1) is 10.1. The fourth-order valence-corrected chi connectivity index (χ4v) is 3.06. The number of hydrogen-bond acceptors (Lipinski definition) is 4. The Morgan fingerprint density at radius 2 is 2.17 bits per heavy atom. The summed E-state index contributed by atoms with van der Waals surface area (Å²) in [4.78, 5) is 10.00. The molecule has 3 aromatic heterocycles. The Morgan fingerprint density at radius 3 is 2.89 bits per heavy atom. The van der Waals surface area contributed by atoms with E-state index in [9.17, 15) is 0 Å². The van der Waals surface area contributed by atoms with Gasteiger partial charge < -0.3 is 10.3 Å². The van der Waals surface area contributed by atoms with E-state index in [4.69, 9.17) is 10.7 Å². The van der Waals surface area contributed by atoms with Crippen LogP contribution in [0.4, 0.5) is 5.00 Å². The first-order valence-electron chi connectivity index (χ1n) is 6.00. The van der Waals surface area contributed by atoms with Gasteiger partial charge in [-0.1, -0.05) is 0 Å². The van der Waals surface area contributed by atoms with E-state index in [2.05, 4.69) is 9.55 Å². The lowest BCUT2D eigenvalue weighted by Gasteiger charge is -2.05. The highest BCUT2D eigenvalue weighted by molar-refractivity contribution is 7.19. The molecule has 3 heterocycles. The van der Waals surface area contributed by atoms with Gasteiger partial charge in [0.25, 0.3) is 0 Å². The lowest BCUT2D eigenvalue weighted by atomic mass is 10.4. The quantitative estimate of drug-likeness (QED) is 0.766. The van der Waals surface area contributed by atoms with E-state index in [-0.39, 0.29) is 0 Å². The van der Waals surface area contributed by atoms with E-state index in [1.165, 1.54) is 18.4 Å². The Kier molecular flexibility index (Phi) is 1.99. The van der Waals surface area contributed by atoms with Crippen molar-refractivity contribution >= 4 is 27.4 Å². The van der Waals surface area contributed by atoms with Crippen LogP contribution in [0.25, 0.3) is 21.7 Å². The molecule has 0 spiro atoms. The second kappa shape index (κ2) is 3.55. The highest BCUT2D eigenvalue weighted by Crippen LogP contribution is 2.42. The Labute approximate surface area is 108 Å². The number of hydrogen-bond donors (Lipinski definition) is 1. The van der Waals surface area contributed by atoms with E-state index in [1.54, 1.807) is 11.3 Å². The summed E-state index contributed by atoms with van der Waals surface area (Å²) in [5.74, 6) is 1.03. The van der Waals surface area contributed by atoms with Crippen LogP contribution in [0.1, 0.15) is 18.9 Å². The molecule has 5 heteroatoms. The van der Waals surface area contributed by atoms with Crippen LogP contribution in [0.2, 0.25) is 0 Å². The van der Waals surface area contributed by atoms with Crippen molar-refractivity contribution < 1.29 is 0 Å². The number of nitrogens with zero attached hydrogens (tertiary/aromatic N) is 3. The number of thiophene rings is 1. The third kappa shape index (κ3) is 1.44. The maximum atomic E-state index is 5.82. The average Bonchev–Trinajstić information content (AvgIpc) is 3.00. The zero-order valence-electron chi connectivity index (χ0n) is 9.71. The molecule has 3 aromatic rings. The number of nitrogens with two attached hydrogens (primary N) is 1. The maximum Gasteiger partial charge on any atom is 0.151 e. The van der Waals surface area contributed by atoms with Crippen LogP contribution >= 0.6 is 11.3 Å². The second-order valence-corrected chi connectivity index (χ2v) is 5.72. The summed E-state index contributed by atoms with van der Waals surface area (Å²) >= 11 is 1.59. The lowest BCUT2D eigenvalue weighted by Crippen LogP contribution is -1.95. The van der Waals surface area contributed by atoms with E-state index in [0.29, 0.717) is 6.04 Å². The summed E-state index contributed by atoms with van der Waals surface area (Å²) in [5, 5.41) is 0.831. The van der Waals surface area contributed by atoms with Gasteiger partial charge in [-0.25, -0.2) is 4.98 Å². The van der Waals surface area contributed by atoms with Gasteiger partial charge in [0.2, 0.25) is 0 Å². The number of aromatic nitrogens is 3. The van der Waals surface area contributed by atoms with Crippen molar-refractivity contribution in [2.24, 2.45) is 0 Å². The molecule has 4 nitrogen and oxygen atoms in total. The van der Waals surface area contributed by atoms with Crippen molar-refractivity contribution in [3.8, 4) is 10.7 Å². The van der Waals surface area contributed by atoms with Gasteiger partial charge in [0.1, 0.15) is 5.52 Å². The number of anilines is 1. The molecule has 0 bridgehead atoms. The number of rotatable bonds is 2. The molecular formula is C13H12N4S. The van der Waals surface area contributed by atoms with Gasteiger partial charge in [-0.05, 0) is 31.0 Å². The van der Waals surface area contributed by atoms with Crippen molar-refractivity contribution in [3.63, 3.8) is 0 Å². The highest BCUT2D eigenvalue weighted by Gasteiger charge is 2.29. The van der Waals surface area contributed by atoms with Gasteiger partial charge in [-0.3, -0.25) is 4.98 Å². The molecule has 90 valence electrons. The number of pyridine rings is 1. The summed E-state index contributed by atoms with van der Waals surface area (Å²) in [6.07, 6.45) is 6.13. The molecule has 1 fully saturated rings. The minimum absolute atomic E-state index is 0.593. The lowest BCUT2D eigenvalue weighted by molar-refractivity contribution is 0.776. The minimum Gasteiger partial charge on any atom is -0.391 e. The molecule has 0 saturated heterocycles. The highest BCUT2D eigenvalue weighted by atomic mass is 32.1. The van der Waals surface area contributed by atoms with Crippen LogP contribution in [0.3, 0.4) is 0 Å². The first-order valence-corrected chi connectivity index (χ1v) is 6.82. The molecule has 2 N–H and O–H groups in total. The smallest absolute Gasteiger partial charge is 0.151 e. The van der Waals surface area contributed by atoms with Crippen LogP contribution in [0.5, 0.6) is 0 Å². The molecule has 4 rings (SSSR count). The van der Waals surface area contributed by atoms with Crippen molar-refractivity contribution in [2.75, 3.05) is 5.73 Å². The fourth-order valence-electron chi connectivity index (χ4n) is 2.30. The summed E-state index contributed by atoms with van der Waals surface area (Å²) in [6.45, 7) is 0. The second-order valence-electron chi connectivity index (χ2n) is 4.60. The average molecular weight is 256 g/mol. The van der Waals surface area contributed by atoms with E-state index < -0.39 is 0 Å². The first-order chi connectivity index (χ1) is 8.83. The summed E-state index contributed by atoms with van der Waals surface area (Å²) in [6, 6.07) is 6.62. The topological polar surface area (TPSA) is 56.7 Å². The van der Waals surface area contributed by atoms with Gasteiger partial charge in [0, 0.05) is 12.2 Å². The van der Waals surface area contributed by atoms with Crippen LogP contribution in [-0.4, -0.2) is 14.5 Å². The molecular weight excluding hydrogens is 244 g/mol. The number of fused-ring (bicyclic) bond motifs is 1. The number of imidazole rings is 1. The molecule has 0 atom stereocenters. The molecule has 18 heavy (non-hydrogen) atoms. The van der Waals surface area contributed by atoms with Gasteiger partial charge in [0.15, 0.2) is 5.82 Å². The summed E-state index contributed by atoms with van der Waals surface area (Å²) in [7, 11) is 0. The molecule has 0 amide bonds. The largest absolute Gasteiger partial charge is 0.391 e. The van der Waals surface area contributed by atoms with Gasteiger partial charge >= 0.3 is 0 Å². The Balaban J connectivity index is 2.01. The zero-order chi connectivity index (χ0) is 12.1. The Hall–Kier alpha value is -1.88. The predicted molar refractivity (Wildman–Crippen MR) is 73.5 cm³/mol. The van der Waals surface area contributed by atoms with Crippen LogP contribution in [0.15, 0.2) is 30.6 Å². The molecule has 0 aromatic carbocycles. The molecule has 1 aliphatic rings. The van der Waals surface area contributed by atoms with Gasteiger partial charge in [-0.2, -0.15) is 0 Å².